The number of aliphatic hydroxyl groups is 1. The SMILES string of the molecule is CC(=Cc1ccccc1Cl)C(=O)NC(CO)CC1OCCO1. The Labute approximate surface area is 134 Å². The average molecular weight is 326 g/mol. The number of nitrogens with one attached hydrogen (secondary N) is 1. The van der Waals surface area contributed by atoms with Crippen LogP contribution < -0.4 is 5.32 Å². The van der Waals surface area contributed by atoms with Crippen molar-refractivity contribution in [3.63, 3.8) is 0 Å². The minimum absolute atomic E-state index is 0.172. The topological polar surface area (TPSA) is 67.8 Å². The summed E-state index contributed by atoms with van der Waals surface area (Å²) in [5.41, 5.74) is 1.29. The van der Waals surface area contributed by atoms with Crippen molar-refractivity contribution in [1.29, 1.82) is 0 Å². The van der Waals surface area contributed by atoms with E-state index < -0.39 is 6.04 Å². The lowest BCUT2D eigenvalue weighted by Gasteiger charge is -2.19. The summed E-state index contributed by atoms with van der Waals surface area (Å²) in [5, 5.41) is 12.7. The van der Waals surface area contributed by atoms with Crippen molar-refractivity contribution in [1.82, 2.24) is 5.32 Å². The first-order chi connectivity index (χ1) is 10.6. The van der Waals surface area contributed by atoms with Crippen molar-refractivity contribution in [3.8, 4) is 0 Å². The Morgan fingerprint density at radius 1 is 1.45 bits per heavy atom. The number of carbonyl (C=O) groups is 1. The molecule has 1 heterocycles. The molecule has 1 aliphatic heterocycles. The number of rotatable bonds is 6. The van der Waals surface area contributed by atoms with Gasteiger partial charge in [0.05, 0.1) is 25.9 Å². The van der Waals surface area contributed by atoms with Gasteiger partial charge in [0.2, 0.25) is 5.91 Å². The van der Waals surface area contributed by atoms with Gasteiger partial charge in [-0.2, -0.15) is 0 Å². The Bertz CT molecular complexity index is 541. The molecule has 1 aliphatic rings. The normalized spacial score (nSPS) is 17.5. The van der Waals surface area contributed by atoms with Gasteiger partial charge in [-0.1, -0.05) is 29.8 Å². The van der Waals surface area contributed by atoms with Gasteiger partial charge in [-0.05, 0) is 24.6 Å². The first-order valence-corrected chi connectivity index (χ1v) is 7.55. The van der Waals surface area contributed by atoms with E-state index in [0.717, 1.165) is 5.56 Å². The lowest BCUT2D eigenvalue weighted by molar-refractivity contribution is -0.119. The summed E-state index contributed by atoms with van der Waals surface area (Å²) in [6.45, 7) is 2.62. The fourth-order valence-corrected chi connectivity index (χ4v) is 2.34. The number of aliphatic hydroxyl groups excluding tert-OH is 1. The zero-order valence-electron chi connectivity index (χ0n) is 12.4. The van der Waals surface area contributed by atoms with Gasteiger partial charge in [-0.15, -0.1) is 0 Å². The second-order valence-electron chi connectivity index (χ2n) is 5.11. The van der Waals surface area contributed by atoms with Crippen LogP contribution in [-0.4, -0.2) is 43.2 Å². The van der Waals surface area contributed by atoms with Gasteiger partial charge in [0, 0.05) is 17.0 Å². The summed E-state index contributed by atoms with van der Waals surface area (Å²) in [6.07, 6.45) is 1.77. The van der Waals surface area contributed by atoms with Crippen molar-refractivity contribution >= 4 is 23.6 Å². The van der Waals surface area contributed by atoms with E-state index in [9.17, 15) is 9.90 Å². The average Bonchev–Trinajstić information content (AvgIpc) is 3.01. The number of hydrogen-bond acceptors (Lipinski definition) is 4. The van der Waals surface area contributed by atoms with Crippen LogP contribution >= 0.6 is 11.6 Å². The quantitative estimate of drug-likeness (QED) is 0.785. The Balaban J connectivity index is 1.95. The number of hydrogen-bond donors (Lipinski definition) is 2. The molecular weight excluding hydrogens is 306 g/mol. The van der Waals surface area contributed by atoms with Crippen LogP contribution in [0.2, 0.25) is 5.02 Å². The molecule has 0 saturated carbocycles. The third-order valence-electron chi connectivity index (χ3n) is 3.36. The predicted molar refractivity (Wildman–Crippen MR) is 84.4 cm³/mol. The molecule has 0 bridgehead atoms. The molecule has 0 spiro atoms. The fourth-order valence-electron chi connectivity index (χ4n) is 2.14. The summed E-state index contributed by atoms with van der Waals surface area (Å²) in [6, 6.07) is 6.88. The second kappa shape index (κ2) is 8.29. The minimum atomic E-state index is -0.412. The molecule has 1 aromatic rings. The van der Waals surface area contributed by atoms with Gasteiger partial charge >= 0.3 is 0 Å². The molecule has 0 radical (unpaired) electrons. The van der Waals surface area contributed by atoms with E-state index >= 15 is 0 Å². The molecule has 22 heavy (non-hydrogen) atoms. The van der Waals surface area contributed by atoms with Gasteiger partial charge in [-0.3, -0.25) is 4.79 Å². The third-order valence-corrected chi connectivity index (χ3v) is 3.70. The Hall–Kier alpha value is -1.40. The highest BCUT2D eigenvalue weighted by Gasteiger charge is 2.22. The van der Waals surface area contributed by atoms with E-state index in [-0.39, 0.29) is 18.8 Å². The summed E-state index contributed by atoms with van der Waals surface area (Å²) in [4.78, 5) is 12.2. The molecule has 0 aromatic heterocycles. The molecule has 120 valence electrons. The number of benzene rings is 1. The Morgan fingerprint density at radius 2 is 2.14 bits per heavy atom. The van der Waals surface area contributed by atoms with Crippen LogP contribution in [0.3, 0.4) is 0 Å². The van der Waals surface area contributed by atoms with Gasteiger partial charge in [-0.25, -0.2) is 0 Å². The van der Waals surface area contributed by atoms with Gasteiger partial charge in [0.15, 0.2) is 6.29 Å². The molecule has 2 rings (SSSR count). The highest BCUT2D eigenvalue weighted by atomic mass is 35.5. The first kappa shape index (κ1) is 17.0. The largest absolute Gasteiger partial charge is 0.394 e. The number of ether oxygens (including phenoxy) is 2. The maximum Gasteiger partial charge on any atom is 0.247 e. The highest BCUT2D eigenvalue weighted by Crippen LogP contribution is 2.18. The van der Waals surface area contributed by atoms with Crippen LogP contribution in [-0.2, 0) is 14.3 Å². The van der Waals surface area contributed by atoms with Crippen molar-refractivity contribution < 1.29 is 19.4 Å². The Morgan fingerprint density at radius 3 is 2.77 bits per heavy atom. The Kier molecular flexibility index (Phi) is 6.39. The van der Waals surface area contributed by atoms with Crippen LogP contribution in [0.25, 0.3) is 6.08 Å². The molecule has 1 amide bonds. The minimum Gasteiger partial charge on any atom is -0.394 e. The molecule has 2 N–H and O–H groups in total. The molecule has 1 saturated heterocycles. The lowest BCUT2D eigenvalue weighted by atomic mass is 10.1. The van der Waals surface area contributed by atoms with Crippen LogP contribution in [0.15, 0.2) is 29.8 Å². The fraction of sp³-hybridized carbons (Fsp3) is 0.438. The number of carbonyl (C=O) groups excluding carboxylic acids is 1. The maximum absolute atomic E-state index is 12.2. The molecule has 0 aliphatic carbocycles. The molecule has 1 fully saturated rings. The molecule has 1 aromatic carbocycles. The van der Waals surface area contributed by atoms with Gasteiger partial charge in [0.25, 0.3) is 0 Å². The first-order valence-electron chi connectivity index (χ1n) is 7.18. The van der Waals surface area contributed by atoms with Crippen LogP contribution in [0.5, 0.6) is 0 Å². The lowest BCUT2D eigenvalue weighted by Crippen LogP contribution is -2.40. The summed E-state index contributed by atoms with van der Waals surface area (Å²) >= 11 is 6.07. The van der Waals surface area contributed by atoms with Crippen LogP contribution in [0, 0.1) is 0 Å². The van der Waals surface area contributed by atoms with Gasteiger partial charge in [0.1, 0.15) is 0 Å². The number of amides is 1. The summed E-state index contributed by atoms with van der Waals surface area (Å²) in [7, 11) is 0. The smallest absolute Gasteiger partial charge is 0.247 e. The molecule has 6 heteroatoms. The highest BCUT2D eigenvalue weighted by molar-refractivity contribution is 6.32. The summed E-state index contributed by atoms with van der Waals surface area (Å²) < 4.78 is 10.6. The van der Waals surface area contributed by atoms with E-state index in [4.69, 9.17) is 21.1 Å². The van der Waals surface area contributed by atoms with Crippen molar-refractivity contribution in [3.05, 3.63) is 40.4 Å². The molecule has 1 atom stereocenters. The maximum atomic E-state index is 12.2. The van der Waals surface area contributed by atoms with E-state index in [1.165, 1.54) is 0 Å². The van der Waals surface area contributed by atoms with E-state index in [2.05, 4.69) is 5.32 Å². The number of halogens is 1. The van der Waals surface area contributed by atoms with Crippen molar-refractivity contribution in [2.45, 2.75) is 25.7 Å². The van der Waals surface area contributed by atoms with E-state index in [0.29, 0.717) is 30.2 Å². The van der Waals surface area contributed by atoms with E-state index in [1.54, 1.807) is 19.1 Å². The monoisotopic (exact) mass is 325 g/mol. The molecule has 5 nitrogen and oxygen atoms in total. The summed E-state index contributed by atoms with van der Waals surface area (Å²) in [5.74, 6) is -0.253. The molecule has 1 unspecified atom stereocenters. The predicted octanol–water partition coefficient (Wildman–Crippen LogP) is 1.98. The standard InChI is InChI=1S/C16H20ClNO4/c1-11(8-12-4-2-3-5-14(12)17)16(20)18-13(10-19)9-15-21-6-7-22-15/h2-5,8,13,15,19H,6-7,9-10H2,1H3,(H,18,20). The second-order valence-corrected chi connectivity index (χ2v) is 5.52. The zero-order valence-corrected chi connectivity index (χ0v) is 13.2. The van der Waals surface area contributed by atoms with Crippen LogP contribution in [0.1, 0.15) is 18.9 Å². The third kappa shape index (κ3) is 4.81. The van der Waals surface area contributed by atoms with E-state index in [1.807, 2.05) is 18.2 Å². The van der Waals surface area contributed by atoms with Crippen molar-refractivity contribution in [2.24, 2.45) is 0 Å². The zero-order chi connectivity index (χ0) is 15.9. The van der Waals surface area contributed by atoms with Gasteiger partial charge < -0.3 is 19.9 Å². The van der Waals surface area contributed by atoms with Crippen LogP contribution in [0.4, 0.5) is 0 Å². The van der Waals surface area contributed by atoms with Crippen molar-refractivity contribution in [2.75, 3.05) is 19.8 Å². The molecular formula is C16H20ClNO4.